The van der Waals surface area contributed by atoms with E-state index in [2.05, 4.69) is 25.1 Å². The van der Waals surface area contributed by atoms with Crippen molar-refractivity contribution in [3.63, 3.8) is 0 Å². The van der Waals surface area contributed by atoms with E-state index in [0.29, 0.717) is 23.0 Å². The number of aromatic nitrogens is 2. The number of hydrogen-bond acceptors (Lipinski definition) is 8. The lowest BCUT2D eigenvalue weighted by molar-refractivity contribution is -0.0610. The standard InChI is InChI=1S/C19H22F3N5O3S2/c1-2-30-18(29)27-26-12(19(20,21)22)5-3-4-8-23-15(28)13-14(11-6-7-11)32-17(25-13)16-24-9-10-31-16/h9-11H,2-8H2,1H3,(H,23,28)(H,27,29)/b26-12-. The molecule has 0 bridgehead atoms. The molecule has 2 heterocycles. The molecular weight excluding hydrogens is 467 g/mol. The first-order valence-corrected chi connectivity index (χ1v) is 11.7. The zero-order chi connectivity index (χ0) is 23.1. The lowest BCUT2D eigenvalue weighted by atomic mass is 10.1. The van der Waals surface area contributed by atoms with Crippen LogP contribution in [0.5, 0.6) is 0 Å². The Hall–Kier alpha value is -2.54. The van der Waals surface area contributed by atoms with Crippen LogP contribution in [0.3, 0.4) is 0 Å². The first-order chi connectivity index (χ1) is 15.3. The van der Waals surface area contributed by atoms with Crippen molar-refractivity contribution in [1.82, 2.24) is 20.7 Å². The van der Waals surface area contributed by atoms with Gasteiger partial charge < -0.3 is 10.1 Å². The quantitative estimate of drug-likeness (QED) is 0.286. The molecule has 0 aromatic carbocycles. The Morgan fingerprint density at radius 1 is 1.28 bits per heavy atom. The fraction of sp³-hybridized carbons (Fsp3) is 0.526. The van der Waals surface area contributed by atoms with E-state index in [4.69, 9.17) is 0 Å². The summed E-state index contributed by atoms with van der Waals surface area (Å²) < 4.78 is 43.7. The van der Waals surface area contributed by atoms with Crippen molar-refractivity contribution in [3.8, 4) is 10.0 Å². The summed E-state index contributed by atoms with van der Waals surface area (Å²) in [7, 11) is 0. The van der Waals surface area contributed by atoms with E-state index in [9.17, 15) is 22.8 Å². The van der Waals surface area contributed by atoms with Crippen molar-refractivity contribution < 1.29 is 27.5 Å². The minimum atomic E-state index is -4.67. The number of alkyl halides is 3. The maximum Gasteiger partial charge on any atom is 0.431 e. The van der Waals surface area contributed by atoms with E-state index in [-0.39, 0.29) is 25.5 Å². The number of rotatable bonds is 10. The Morgan fingerprint density at radius 3 is 2.69 bits per heavy atom. The van der Waals surface area contributed by atoms with E-state index >= 15 is 0 Å². The van der Waals surface area contributed by atoms with Crippen LogP contribution in [0.15, 0.2) is 16.7 Å². The van der Waals surface area contributed by atoms with Gasteiger partial charge in [-0.1, -0.05) is 0 Å². The number of carbonyl (C=O) groups excluding carboxylic acids is 2. The third-order valence-corrected chi connectivity index (χ3v) is 6.58. The first kappa shape index (κ1) is 24.1. The monoisotopic (exact) mass is 489 g/mol. The maximum absolute atomic E-state index is 13.1. The lowest BCUT2D eigenvalue weighted by Crippen LogP contribution is -2.29. The highest BCUT2D eigenvalue weighted by Crippen LogP contribution is 2.46. The van der Waals surface area contributed by atoms with Gasteiger partial charge in [-0.05, 0) is 44.9 Å². The molecule has 0 radical (unpaired) electrons. The Kier molecular flexibility index (Phi) is 8.18. The molecule has 0 unspecified atom stereocenters. The van der Waals surface area contributed by atoms with Crippen LogP contribution in [0.4, 0.5) is 18.0 Å². The van der Waals surface area contributed by atoms with Gasteiger partial charge in [0.25, 0.3) is 5.91 Å². The molecule has 2 amide bonds. The maximum atomic E-state index is 13.1. The van der Waals surface area contributed by atoms with E-state index in [1.54, 1.807) is 11.6 Å². The van der Waals surface area contributed by atoms with Crippen LogP contribution in [0, 0.1) is 0 Å². The van der Waals surface area contributed by atoms with Gasteiger partial charge in [0.05, 0.1) is 6.61 Å². The van der Waals surface area contributed by atoms with Crippen molar-refractivity contribution >= 4 is 40.4 Å². The van der Waals surface area contributed by atoms with E-state index in [1.807, 2.05) is 5.38 Å². The van der Waals surface area contributed by atoms with Gasteiger partial charge in [-0.3, -0.25) is 4.79 Å². The highest BCUT2D eigenvalue weighted by molar-refractivity contribution is 7.20. The average molecular weight is 490 g/mol. The van der Waals surface area contributed by atoms with Crippen LogP contribution >= 0.6 is 22.7 Å². The van der Waals surface area contributed by atoms with Gasteiger partial charge in [0.2, 0.25) is 0 Å². The number of nitrogens with zero attached hydrogens (tertiary/aromatic N) is 3. The molecule has 2 N–H and O–H groups in total. The van der Waals surface area contributed by atoms with Gasteiger partial charge >= 0.3 is 12.3 Å². The molecule has 1 aliphatic carbocycles. The number of carbonyl (C=O) groups is 2. The molecule has 0 aliphatic heterocycles. The summed E-state index contributed by atoms with van der Waals surface area (Å²) in [5.74, 6) is -0.000869. The number of thiazole rings is 2. The SMILES string of the molecule is CCOC(=O)N/N=C(/CCCCNC(=O)c1nc(-c2nccs2)sc1C1CC1)C(F)(F)F. The largest absolute Gasteiger partial charge is 0.449 e. The Labute approximate surface area is 190 Å². The number of amides is 2. The normalized spacial score (nSPS) is 14.3. The number of ether oxygens (including phenoxy) is 1. The van der Waals surface area contributed by atoms with Crippen LogP contribution in [0.1, 0.15) is 60.3 Å². The fourth-order valence-electron chi connectivity index (χ4n) is 2.78. The molecule has 174 valence electrons. The van der Waals surface area contributed by atoms with Crippen LogP contribution < -0.4 is 10.7 Å². The van der Waals surface area contributed by atoms with Gasteiger partial charge in [0, 0.05) is 23.0 Å². The molecular formula is C19H22F3N5O3S2. The molecule has 32 heavy (non-hydrogen) atoms. The van der Waals surface area contributed by atoms with Crippen LogP contribution in [-0.2, 0) is 4.74 Å². The van der Waals surface area contributed by atoms with Crippen molar-refractivity contribution in [3.05, 3.63) is 22.1 Å². The molecule has 2 aromatic rings. The van der Waals surface area contributed by atoms with Gasteiger partial charge in [-0.15, -0.1) is 22.7 Å². The Morgan fingerprint density at radius 2 is 2.06 bits per heavy atom. The highest BCUT2D eigenvalue weighted by atomic mass is 32.1. The Bertz CT molecular complexity index is 956. The van der Waals surface area contributed by atoms with Crippen molar-refractivity contribution in [2.45, 2.75) is 51.1 Å². The zero-order valence-corrected chi connectivity index (χ0v) is 18.8. The Balaban J connectivity index is 1.50. The topological polar surface area (TPSA) is 106 Å². The predicted octanol–water partition coefficient (Wildman–Crippen LogP) is 4.71. The van der Waals surface area contributed by atoms with E-state index < -0.39 is 24.4 Å². The molecule has 0 atom stereocenters. The highest BCUT2D eigenvalue weighted by Gasteiger charge is 2.35. The zero-order valence-electron chi connectivity index (χ0n) is 17.2. The molecule has 0 spiro atoms. The molecule has 1 saturated carbocycles. The average Bonchev–Trinajstić information content (AvgIpc) is 3.25. The van der Waals surface area contributed by atoms with Gasteiger partial charge in [-0.2, -0.15) is 18.3 Å². The smallest absolute Gasteiger partial charge is 0.431 e. The van der Waals surface area contributed by atoms with Crippen LogP contribution in [-0.4, -0.2) is 47.0 Å². The summed E-state index contributed by atoms with van der Waals surface area (Å²) in [6.07, 6.45) is -1.98. The van der Waals surface area contributed by atoms with E-state index in [1.165, 1.54) is 29.6 Å². The van der Waals surface area contributed by atoms with E-state index in [0.717, 1.165) is 22.7 Å². The van der Waals surface area contributed by atoms with Gasteiger partial charge in [-0.25, -0.2) is 20.2 Å². The third-order valence-electron chi connectivity index (χ3n) is 4.44. The van der Waals surface area contributed by atoms with Crippen LogP contribution in [0.2, 0.25) is 0 Å². The third kappa shape index (κ3) is 6.73. The number of nitrogens with one attached hydrogen (secondary N) is 2. The summed E-state index contributed by atoms with van der Waals surface area (Å²) >= 11 is 2.92. The number of unbranched alkanes of at least 4 members (excludes halogenated alkanes) is 1. The van der Waals surface area contributed by atoms with Gasteiger partial charge in [0.15, 0.2) is 10.0 Å². The molecule has 8 nitrogen and oxygen atoms in total. The minimum absolute atomic E-state index is 0.0230. The minimum Gasteiger partial charge on any atom is -0.449 e. The first-order valence-electron chi connectivity index (χ1n) is 10.0. The summed E-state index contributed by atoms with van der Waals surface area (Å²) in [6, 6.07) is 0. The van der Waals surface area contributed by atoms with Crippen molar-refractivity contribution in [2.75, 3.05) is 13.2 Å². The second kappa shape index (κ2) is 10.9. The van der Waals surface area contributed by atoms with Crippen molar-refractivity contribution in [1.29, 1.82) is 0 Å². The summed E-state index contributed by atoms with van der Waals surface area (Å²) in [4.78, 5) is 33.4. The van der Waals surface area contributed by atoms with Gasteiger partial charge in [0.1, 0.15) is 11.4 Å². The van der Waals surface area contributed by atoms with Crippen molar-refractivity contribution in [2.24, 2.45) is 5.10 Å². The van der Waals surface area contributed by atoms with Crippen LogP contribution in [0.25, 0.3) is 10.0 Å². The second-order valence-corrected chi connectivity index (χ2v) is 8.87. The predicted molar refractivity (Wildman–Crippen MR) is 115 cm³/mol. The molecule has 1 fully saturated rings. The summed E-state index contributed by atoms with van der Waals surface area (Å²) in [5.41, 5.74) is 0.996. The fourth-order valence-corrected chi connectivity index (χ4v) is 4.69. The molecule has 3 rings (SSSR count). The molecule has 0 saturated heterocycles. The number of hydrazone groups is 1. The second-order valence-electron chi connectivity index (χ2n) is 6.94. The molecule has 1 aliphatic rings. The lowest BCUT2D eigenvalue weighted by Gasteiger charge is -2.11. The summed E-state index contributed by atoms with van der Waals surface area (Å²) in [5, 5.41) is 9.16. The molecule has 2 aromatic heterocycles. The number of hydrogen-bond donors (Lipinski definition) is 2. The summed E-state index contributed by atoms with van der Waals surface area (Å²) in [6.45, 7) is 1.75. The number of halogens is 3. The molecule has 13 heteroatoms.